The second-order valence-corrected chi connectivity index (χ2v) is 3.60. The van der Waals surface area contributed by atoms with Gasteiger partial charge in [-0.1, -0.05) is 29.3 Å². The van der Waals surface area contributed by atoms with Crippen LogP contribution in [0.15, 0.2) is 18.2 Å². The highest BCUT2D eigenvalue weighted by molar-refractivity contribution is 6.42. The summed E-state index contributed by atoms with van der Waals surface area (Å²) in [5.74, 6) is -1.07. The number of aliphatic hydroxyl groups is 1. The average Bonchev–Trinajstić information content (AvgIpc) is 2.08. The van der Waals surface area contributed by atoms with Crippen molar-refractivity contribution < 1.29 is 15.0 Å². The van der Waals surface area contributed by atoms with E-state index in [1.807, 2.05) is 0 Å². The normalized spacial score (nSPS) is 12.5. The average molecular weight is 235 g/mol. The Labute approximate surface area is 90.9 Å². The zero-order chi connectivity index (χ0) is 10.7. The van der Waals surface area contributed by atoms with Crippen LogP contribution in [0.1, 0.15) is 18.1 Å². The molecule has 0 saturated carbocycles. The highest BCUT2D eigenvalue weighted by Crippen LogP contribution is 2.26. The summed E-state index contributed by atoms with van der Waals surface area (Å²) in [4.78, 5) is 10.3. The molecular weight excluding hydrogens is 227 g/mol. The van der Waals surface area contributed by atoms with Crippen molar-refractivity contribution in [2.45, 2.75) is 12.5 Å². The van der Waals surface area contributed by atoms with Crippen LogP contribution in [0.2, 0.25) is 10.0 Å². The lowest BCUT2D eigenvalue weighted by Crippen LogP contribution is -2.05. The molecule has 0 fully saturated rings. The van der Waals surface area contributed by atoms with Crippen LogP contribution in [0.3, 0.4) is 0 Å². The SMILES string of the molecule is O=C(O)CC(O)c1ccc(Cl)c(Cl)c1. The van der Waals surface area contributed by atoms with Gasteiger partial charge in [-0.15, -0.1) is 0 Å². The van der Waals surface area contributed by atoms with Gasteiger partial charge in [-0.2, -0.15) is 0 Å². The number of benzene rings is 1. The van der Waals surface area contributed by atoms with Crippen molar-refractivity contribution in [3.8, 4) is 0 Å². The first kappa shape index (κ1) is 11.3. The maximum absolute atomic E-state index is 10.3. The molecule has 0 aromatic heterocycles. The Morgan fingerprint density at radius 2 is 2.00 bits per heavy atom. The van der Waals surface area contributed by atoms with Gasteiger partial charge in [0.2, 0.25) is 0 Å². The number of rotatable bonds is 3. The van der Waals surface area contributed by atoms with Crippen molar-refractivity contribution >= 4 is 29.2 Å². The maximum Gasteiger partial charge on any atom is 0.306 e. The first-order valence-electron chi connectivity index (χ1n) is 3.85. The smallest absolute Gasteiger partial charge is 0.306 e. The van der Waals surface area contributed by atoms with Crippen molar-refractivity contribution in [3.63, 3.8) is 0 Å². The second kappa shape index (κ2) is 4.64. The summed E-state index contributed by atoms with van der Waals surface area (Å²) in [7, 11) is 0. The van der Waals surface area contributed by atoms with E-state index in [2.05, 4.69) is 0 Å². The minimum Gasteiger partial charge on any atom is -0.481 e. The van der Waals surface area contributed by atoms with Crippen molar-refractivity contribution in [3.05, 3.63) is 33.8 Å². The lowest BCUT2D eigenvalue weighted by atomic mass is 10.1. The Morgan fingerprint density at radius 1 is 1.36 bits per heavy atom. The first-order chi connectivity index (χ1) is 6.50. The Balaban J connectivity index is 2.85. The largest absolute Gasteiger partial charge is 0.481 e. The highest BCUT2D eigenvalue weighted by Gasteiger charge is 2.12. The molecule has 0 aliphatic rings. The molecule has 0 bridgehead atoms. The quantitative estimate of drug-likeness (QED) is 0.846. The molecular formula is C9H8Cl2O3. The fraction of sp³-hybridized carbons (Fsp3) is 0.222. The summed E-state index contributed by atoms with van der Waals surface area (Å²) < 4.78 is 0. The third kappa shape index (κ3) is 2.87. The molecule has 0 aliphatic carbocycles. The van der Waals surface area contributed by atoms with Gasteiger partial charge >= 0.3 is 5.97 Å². The van der Waals surface area contributed by atoms with Gasteiger partial charge in [-0.05, 0) is 17.7 Å². The molecule has 2 N–H and O–H groups in total. The zero-order valence-electron chi connectivity index (χ0n) is 7.08. The van der Waals surface area contributed by atoms with E-state index in [-0.39, 0.29) is 6.42 Å². The number of carboxylic acid groups (broad SMARTS) is 1. The summed E-state index contributed by atoms with van der Waals surface area (Å²) >= 11 is 11.4. The second-order valence-electron chi connectivity index (χ2n) is 2.79. The molecule has 14 heavy (non-hydrogen) atoms. The predicted molar refractivity (Wildman–Crippen MR) is 53.7 cm³/mol. The van der Waals surface area contributed by atoms with Crippen LogP contribution in [-0.4, -0.2) is 16.2 Å². The van der Waals surface area contributed by atoms with E-state index < -0.39 is 12.1 Å². The van der Waals surface area contributed by atoms with Gasteiger partial charge < -0.3 is 10.2 Å². The number of hydrogen-bond donors (Lipinski definition) is 2. The van der Waals surface area contributed by atoms with E-state index >= 15 is 0 Å². The number of aliphatic carboxylic acids is 1. The molecule has 1 rings (SSSR count). The maximum atomic E-state index is 10.3. The first-order valence-corrected chi connectivity index (χ1v) is 4.61. The third-order valence-corrected chi connectivity index (χ3v) is 2.44. The summed E-state index contributed by atoms with van der Waals surface area (Å²) in [6, 6.07) is 4.52. The van der Waals surface area contributed by atoms with Crippen LogP contribution in [-0.2, 0) is 4.79 Å². The number of hydrogen-bond acceptors (Lipinski definition) is 2. The van der Waals surface area contributed by atoms with Crippen LogP contribution in [0, 0.1) is 0 Å². The number of aliphatic hydroxyl groups excluding tert-OH is 1. The van der Waals surface area contributed by atoms with E-state index in [1.54, 1.807) is 6.07 Å². The minimum absolute atomic E-state index is 0.300. The molecule has 0 saturated heterocycles. The van der Waals surface area contributed by atoms with Gasteiger partial charge in [0.1, 0.15) is 0 Å². The lowest BCUT2D eigenvalue weighted by Gasteiger charge is -2.08. The molecule has 1 atom stereocenters. The summed E-state index contributed by atoms with van der Waals surface area (Å²) in [6.45, 7) is 0. The summed E-state index contributed by atoms with van der Waals surface area (Å²) in [5, 5.41) is 18.5. The molecule has 0 heterocycles. The lowest BCUT2D eigenvalue weighted by molar-refractivity contribution is -0.139. The Hall–Kier alpha value is -0.770. The van der Waals surface area contributed by atoms with Crippen molar-refractivity contribution in [1.82, 2.24) is 0 Å². The summed E-state index contributed by atoms with van der Waals surface area (Å²) in [5.41, 5.74) is 0.446. The topological polar surface area (TPSA) is 57.5 Å². The van der Waals surface area contributed by atoms with E-state index in [1.165, 1.54) is 12.1 Å². The summed E-state index contributed by atoms with van der Waals surface area (Å²) in [6.07, 6.45) is -1.40. The van der Waals surface area contributed by atoms with Gasteiger partial charge in [0.25, 0.3) is 0 Å². The fourth-order valence-electron chi connectivity index (χ4n) is 1.00. The third-order valence-electron chi connectivity index (χ3n) is 1.70. The molecule has 3 nitrogen and oxygen atoms in total. The molecule has 0 spiro atoms. The Morgan fingerprint density at radius 3 is 2.50 bits per heavy atom. The zero-order valence-corrected chi connectivity index (χ0v) is 8.59. The molecule has 0 amide bonds. The molecule has 1 unspecified atom stereocenters. The standard InChI is InChI=1S/C9H8Cl2O3/c10-6-2-1-5(3-7(6)11)8(12)4-9(13)14/h1-3,8,12H,4H2,(H,13,14). The number of halogens is 2. The minimum atomic E-state index is -1.07. The van der Waals surface area contributed by atoms with Crippen LogP contribution >= 0.6 is 23.2 Å². The van der Waals surface area contributed by atoms with E-state index in [0.29, 0.717) is 15.6 Å². The highest BCUT2D eigenvalue weighted by atomic mass is 35.5. The Kier molecular flexibility index (Phi) is 3.75. The van der Waals surface area contributed by atoms with Crippen molar-refractivity contribution in [1.29, 1.82) is 0 Å². The predicted octanol–water partition coefficient (Wildman–Crippen LogP) is 2.50. The monoisotopic (exact) mass is 234 g/mol. The van der Waals surface area contributed by atoms with Gasteiger partial charge in [0.05, 0.1) is 22.6 Å². The Bertz CT molecular complexity index is 352. The fourth-order valence-corrected chi connectivity index (χ4v) is 1.31. The molecule has 1 aromatic carbocycles. The van der Waals surface area contributed by atoms with E-state index in [9.17, 15) is 9.90 Å². The number of carboxylic acids is 1. The van der Waals surface area contributed by atoms with E-state index in [4.69, 9.17) is 28.3 Å². The van der Waals surface area contributed by atoms with Crippen molar-refractivity contribution in [2.75, 3.05) is 0 Å². The molecule has 0 radical (unpaired) electrons. The van der Waals surface area contributed by atoms with Crippen LogP contribution < -0.4 is 0 Å². The van der Waals surface area contributed by atoms with Crippen LogP contribution in [0.5, 0.6) is 0 Å². The molecule has 76 valence electrons. The molecule has 1 aromatic rings. The van der Waals surface area contributed by atoms with Gasteiger partial charge in [-0.25, -0.2) is 0 Å². The molecule has 5 heteroatoms. The van der Waals surface area contributed by atoms with Crippen LogP contribution in [0.25, 0.3) is 0 Å². The van der Waals surface area contributed by atoms with Crippen LogP contribution in [0.4, 0.5) is 0 Å². The van der Waals surface area contributed by atoms with Gasteiger partial charge in [-0.3, -0.25) is 4.79 Å². The van der Waals surface area contributed by atoms with Crippen molar-refractivity contribution in [2.24, 2.45) is 0 Å². The van der Waals surface area contributed by atoms with Gasteiger partial charge in [0, 0.05) is 0 Å². The number of carbonyl (C=O) groups is 1. The molecule has 0 aliphatic heterocycles. The van der Waals surface area contributed by atoms with E-state index in [0.717, 1.165) is 0 Å². The van der Waals surface area contributed by atoms with Gasteiger partial charge in [0.15, 0.2) is 0 Å².